The second-order valence-corrected chi connectivity index (χ2v) is 3.15. The van der Waals surface area contributed by atoms with Gasteiger partial charge in [0.2, 0.25) is 0 Å². The Bertz CT molecular complexity index is 435. The lowest BCUT2D eigenvalue weighted by Gasteiger charge is -2.01. The maximum Gasteiger partial charge on any atom is 0.137 e. The molecule has 15 heavy (non-hydrogen) atoms. The Morgan fingerprint density at radius 3 is 2.73 bits per heavy atom. The lowest BCUT2D eigenvalue weighted by Crippen LogP contribution is -1.84. The molecule has 0 aliphatic rings. The Balaban J connectivity index is 0.00000112. The second-order valence-electron chi connectivity index (χ2n) is 3.15. The number of ether oxygens (including phenoxy) is 1. The van der Waals surface area contributed by atoms with E-state index in [-0.39, 0.29) is 7.43 Å². The molecule has 0 saturated heterocycles. The molecule has 0 unspecified atom stereocenters. The minimum absolute atomic E-state index is 0. The first-order valence-corrected chi connectivity index (χ1v) is 4.45. The van der Waals surface area contributed by atoms with Gasteiger partial charge in [-0.25, -0.2) is 4.98 Å². The summed E-state index contributed by atoms with van der Waals surface area (Å²) in [7, 11) is 1.66. The van der Waals surface area contributed by atoms with Crippen molar-refractivity contribution in [3.8, 4) is 17.1 Å². The molecule has 2 aromatic rings. The number of methoxy groups -OCH3 is 1. The molecule has 80 valence electrons. The average Bonchev–Trinajstić information content (AvgIpc) is 2.65. The van der Waals surface area contributed by atoms with Gasteiger partial charge in [-0.05, 0) is 19.1 Å². The largest absolute Gasteiger partial charge is 0.497 e. The molecule has 0 aliphatic heterocycles. The highest BCUT2D eigenvalue weighted by Crippen LogP contribution is 2.20. The van der Waals surface area contributed by atoms with Crippen molar-refractivity contribution in [2.75, 3.05) is 7.11 Å². The molecule has 0 atom stereocenters. The van der Waals surface area contributed by atoms with Gasteiger partial charge in [0.05, 0.1) is 7.11 Å². The van der Waals surface area contributed by atoms with Crippen molar-refractivity contribution < 1.29 is 4.74 Å². The van der Waals surface area contributed by atoms with Gasteiger partial charge in [0.15, 0.2) is 0 Å². The predicted molar refractivity (Wildman–Crippen MR) is 62.0 cm³/mol. The summed E-state index contributed by atoms with van der Waals surface area (Å²) >= 11 is 0. The van der Waals surface area contributed by atoms with Crippen LogP contribution in [0.4, 0.5) is 0 Å². The zero-order chi connectivity index (χ0) is 9.97. The zero-order valence-electron chi connectivity index (χ0n) is 8.24. The van der Waals surface area contributed by atoms with E-state index in [0.29, 0.717) is 0 Å². The van der Waals surface area contributed by atoms with E-state index in [2.05, 4.69) is 9.97 Å². The maximum absolute atomic E-state index is 5.14. The number of benzene rings is 1. The molecule has 1 aromatic heterocycles. The van der Waals surface area contributed by atoms with Crippen LogP contribution in [0, 0.1) is 6.92 Å². The molecular weight excluding hydrogens is 188 g/mol. The smallest absolute Gasteiger partial charge is 0.137 e. The van der Waals surface area contributed by atoms with Crippen LogP contribution in [0.5, 0.6) is 5.75 Å². The number of imidazole rings is 1. The molecule has 0 radical (unpaired) electrons. The fourth-order valence-corrected chi connectivity index (χ4v) is 1.33. The standard InChI is InChI=1S/C11H12N2O.CH4/c1-8-7-12-11(13-8)9-4-3-5-10(6-9)14-2;/h3-7H,1-2H3,(H,12,13);1H4. The third-order valence-corrected chi connectivity index (χ3v) is 2.05. The number of aromatic nitrogens is 2. The van der Waals surface area contributed by atoms with Gasteiger partial charge in [-0.1, -0.05) is 19.6 Å². The monoisotopic (exact) mass is 204 g/mol. The number of aryl methyl sites for hydroxylation is 1. The van der Waals surface area contributed by atoms with Crippen molar-refractivity contribution >= 4 is 0 Å². The molecule has 0 aliphatic carbocycles. The number of nitrogens with zero attached hydrogens (tertiary/aromatic N) is 1. The fraction of sp³-hybridized carbons (Fsp3) is 0.250. The molecule has 0 saturated carbocycles. The number of rotatable bonds is 2. The van der Waals surface area contributed by atoms with Crippen LogP contribution >= 0.6 is 0 Å². The van der Waals surface area contributed by atoms with Crippen LogP contribution in [0.2, 0.25) is 0 Å². The van der Waals surface area contributed by atoms with E-state index in [9.17, 15) is 0 Å². The molecule has 0 fully saturated rings. The molecule has 0 amide bonds. The first-order valence-electron chi connectivity index (χ1n) is 4.45. The van der Waals surface area contributed by atoms with E-state index >= 15 is 0 Å². The minimum atomic E-state index is 0. The SMILES string of the molecule is C.COc1cccc(-c2ncc(C)[nH]2)c1. The van der Waals surface area contributed by atoms with E-state index in [0.717, 1.165) is 22.8 Å². The predicted octanol–water partition coefficient (Wildman–Crippen LogP) is 3.03. The Hall–Kier alpha value is -1.77. The maximum atomic E-state index is 5.14. The highest BCUT2D eigenvalue weighted by Gasteiger charge is 2.01. The molecule has 0 bridgehead atoms. The van der Waals surface area contributed by atoms with Crippen LogP contribution in [0.15, 0.2) is 30.5 Å². The minimum Gasteiger partial charge on any atom is -0.497 e. The van der Waals surface area contributed by atoms with Gasteiger partial charge in [0.25, 0.3) is 0 Å². The number of aromatic amines is 1. The summed E-state index contributed by atoms with van der Waals surface area (Å²) in [5.41, 5.74) is 2.10. The van der Waals surface area contributed by atoms with Gasteiger partial charge in [0.1, 0.15) is 11.6 Å². The van der Waals surface area contributed by atoms with Crippen LogP contribution in [0.3, 0.4) is 0 Å². The highest BCUT2D eigenvalue weighted by atomic mass is 16.5. The van der Waals surface area contributed by atoms with Crippen LogP contribution in [-0.4, -0.2) is 17.1 Å². The van der Waals surface area contributed by atoms with Crippen LogP contribution in [0.25, 0.3) is 11.4 Å². The molecule has 1 aromatic carbocycles. The van der Waals surface area contributed by atoms with Gasteiger partial charge in [-0.15, -0.1) is 0 Å². The summed E-state index contributed by atoms with van der Waals surface area (Å²) in [5.74, 6) is 1.72. The van der Waals surface area contributed by atoms with Gasteiger partial charge < -0.3 is 9.72 Å². The second kappa shape index (κ2) is 4.64. The molecule has 2 rings (SSSR count). The van der Waals surface area contributed by atoms with E-state index in [1.165, 1.54) is 0 Å². The van der Waals surface area contributed by atoms with Crippen molar-refractivity contribution in [1.29, 1.82) is 0 Å². The van der Waals surface area contributed by atoms with E-state index in [4.69, 9.17) is 4.74 Å². The van der Waals surface area contributed by atoms with Crippen molar-refractivity contribution in [3.05, 3.63) is 36.2 Å². The summed E-state index contributed by atoms with van der Waals surface area (Å²) in [4.78, 5) is 7.43. The molecule has 3 nitrogen and oxygen atoms in total. The lowest BCUT2D eigenvalue weighted by molar-refractivity contribution is 0.415. The van der Waals surface area contributed by atoms with Gasteiger partial charge in [-0.3, -0.25) is 0 Å². The zero-order valence-corrected chi connectivity index (χ0v) is 8.24. The van der Waals surface area contributed by atoms with E-state index in [1.807, 2.05) is 37.4 Å². The molecule has 1 N–H and O–H groups in total. The molecule has 3 heteroatoms. The third kappa shape index (κ3) is 2.37. The first kappa shape index (κ1) is 11.3. The summed E-state index contributed by atoms with van der Waals surface area (Å²) in [6.07, 6.45) is 1.81. The summed E-state index contributed by atoms with van der Waals surface area (Å²) < 4.78 is 5.14. The normalized spacial score (nSPS) is 9.47. The highest BCUT2D eigenvalue weighted by molar-refractivity contribution is 5.57. The summed E-state index contributed by atoms with van der Waals surface area (Å²) in [6, 6.07) is 7.82. The van der Waals surface area contributed by atoms with Crippen molar-refractivity contribution in [1.82, 2.24) is 9.97 Å². The van der Waals surface area contributed by atoms with Crippen LogP contribution in [0.1, 0.15) is 13.1 Å². The van der Waals surface area contributed by atoms with Gasteiger partial charge in [-0.2, -0.15) is 0 Å². The Labute approximate surface area is 90.1 Å². The topological polar surface area (TPSA) is 37.9 Å². The number of hydrogen-bond acceptors (Lipinski definition) is 2. The van der Waals surface area contributed by atoms with Gasteiger partial charge in [0, 0.05) is 17.5 Å². The summed E-state index contributed by atoms with van der Waals surface area (Å²) in [6.45, 7) is 1.98. The van der Waals surface area contributed by atoms with Crippen molar-refractivity contribution in [2.45, 2.75) is 14.4 Å². The Morgan fingerprint density at radius 2 is 2.13 bits per heavy atom. The molecule has 1 heterocycles. The van der Waals surface area contributed by atoms with Crippen LogP contribution < -0.4 is 4.74 Å². The van der Waals surface area contributed by atoms with Crippen molar-refractivity contribution in [3.63, 3.8) is 0 Å². The van der Waals surface area contributed by atoms with Crippen molar-refractivity contribution in [2.24, 2.45) is 0 Å². The third-order valence-electron chi connectivity index (χ3n) is 2.05. The number of H-pyrrole nitrogens is 1. The average molecular weight is 204 g/mol. The number of nitrogens with one attached hydrogen (secondary N) is 1. The first-order chi connectivity index (χ1) is 6.79. The Kier molecular flexibility index (Phi) is 3.50. The van der Waals surface area contributed by atoms with E-state index < -0.39 is 0 Å². The Morgan fingerprint density at radius 1 is 1.33 bits per heavy atom. The molecule has 0 spiro atoms. The summed E-state index contributed by atoms with van der Waals surface area (Å²) in [5, 5.41) is 0. The van der Waals surface area contributed by atoms with Crippen LogP contribution in [-0.2, 0) is 0 Å². The lowest BCUT2D eigenvalue weighted by atomic mass is 10.2. The van der Waals surface area contributed by atoms with Gasteiger partial charge >= 0.3 is 0 Å². The number of hydrogen-bond donors (Lipinski definition) is 1. The quantitative estimate of drug-likeness (QED) is 0.816. The molecular formula is C12H16N2O. The van der Waals surface area contributed by atoms with E-state index in [1.54, 1.807) is 7.11 Å². The fourth-order valence-electron chi connectivity index (χ4n) is 1.33.